The third-order valence-electron chi connectivity index (χ3n) is 3.75. The number of ether oxygens (including phenoxy) is 1. The number of halogens is 1. The van der Waals surface area contributed by atoms with E-state index in [9.17, 15) is 9.18 Å². The summed E-state index contributed by atoms with van der Waals surface area (Å²) < 4.78 is 19.9. The number of carbonyl (C=O) groups is 1. The van der Waals surface area contributed by atoms with Gasteiger partial charge in [0.2, 0.25) is 0 Å². The lowest BCUT2D eigenvalue weighted by Gasteiger charge is -2.16. The Morgan fingerprint density at radius 3 is 2.67 bits per heavy atom. The van der Waals surface area contributed by atoms with E-state index in [-0.39, 0.29) is 17.2 Å². The van der Waals surface area contributed by atoms with Crippen molar-refractivity contribution in [3.63, 3.8) is 0 Å². The first-order valence-electron chi connectivity index (χ1n) is 6.98. The summed E-state index contributed by atoms with van der Waals surface area (Å²) in [4.78, 5) is 11.5. The molecule has 3 rings (SSSR count). The second kappa shape index (κ2) is 4.69. The molecule has 3 heteroatoms. The Bertz CT molecular complexity index is 732. The molecule has 0 aliphatic carbocycles. The number of hydrogen-bond donors (Lipinski definition) is 0. The Balaban J connectivity index is 2.07. The minimum atomic E-state index is -0.321. The number of rotatable bonds is 2. The first kappa shape index (κ1) is 13.8. The zero-order chi connectivity index (χ0) is 15.2. The Labute approximate surface area is 123 Å². The molecule has 0 saturated carbocycles. The highest BCUT2D eigenvalue weighted by molar-refractivity contribution is 5.95. The molecule has 0 N–H and O–H groups in total. The van der Waals surface area contributed by atoms with Crippen LogP contribution >= 0.6 is 0 Å². The van der Waals surface area contributed by atoms with Crippen molar-refractivity contribution in [2.24, 2.45) is 0 Å². The topological polar surface area (TPSA) is 26.3 Å². The maximum Gasteiger partial charge on any atom is 0.159 e. The van der Waals surface area contributed by atoms with Gasteiger partial charge in [0.05, 0.1) is 0 Å². The molecule has 0 atom stereocenters. The maximum absolute atomic E-state index is 14.1. The summed E-state index contributed by atoms with van der Waals surface area (Å²) in [5.74, 6) is 0.465. The normalized spacial score (nSPS) is 15.4. The quantitative estimate of drug-likeness (QED) is 0.764. The molecule has 0 radical (unpaired) electrons. The van der Waals surface area contributed by atoms with E-state index in [0.29, 0.717) is 11.1 Å². The van der Waals surface area contributed by atoms with Crippen LogP contribution in [-0.2, 0) is 6.42 Å². The van der Waals surface area contributed by atoms with Gasteiger partial charge in [-0.05, 0) is 62.2 Å². The van der Waals surface area contributed by atoms with Gasteiger partial charge in [-0.25, -0.2) is 4.39 Å². The van der Waals surface area contributed by atoms with Crippen LogP contribution in [0.4, 0.5) is 4.39 Å². The van der Waals surface area contributed by atoms with Crippen molar-refractivity contribution >= 4 is 5.78 Å². The Kier molecular flexibility index (Phi) is 3.08. The maximum atomic E-state index is 14.1. The van der Waals surface area contributed by atoms with E-state index in [1.54, 1.807) is 6.07 Å². The second-order valence-electron chi connectivity index (χ2n) is 6.11. The number of Topliss-reactive ketones (excluding diaryl/α,β-unsaturated/α-hetero) is 1. The number of ketones is 1. The van der Waals surface area contributed by atoms with E-state index in [2.05, 4.69) is 0 Å². The summed E-state index contributed by atoms with van der Waals surface area (Å²) in [6.45, 7) is 5.54. The molecule has 0 unspecified atom stereocenters. The van der Waals surface area contributed by atoms with Gasteiger partial charge in [0.1, 0.15) is 17.2 Å². The Morgan fingerprint density at radius 1 is 1.19 bits per heavy atom. The third kappa shape index (κ3) is 2.56. The molecule has 2 aromatic carbocycles. The highest BCUT2D eigenvalue weighted by atomic mass is 19.1. The van der Waals surface area contributed by atoms with Crippen molar-refractivity contribution < 1.29 is 13.9 Å². The Hall–Kier alpha value is -2.16. The predicted molar refractivity (Wildman–Crippen MR) is 80.3 cm³/mol. The van der Waals surface area contributed by atoms with E-state index in [1.807, 2.05) is 32.0 Å². The van der Waals surface area contributed by atoms with Crippen LogP contribution in [0.3, 0.4) is 0 Å². The molecule has 0 bridgehead atoms. The number of carbonyl (C=O) groups excluding carboxylic acids is 1. The number of benzene rings is 2. The van der Waals surface area contributed by atoms with Crippen molar-refractivity contribution in [3.8, 4) is 16.9 Å². The van der Waals surface area contributed by atoms with Crippen LogP contribution in [0.1, 0.15) is 36.7 Å². The van der Waals surface area contributed by atoms with Gasteiger partial charge in [0.15, 0.2) is 5.78 Å². The molecule has 0 spiro atoms. The summed E-state index contributed by atoms with van der Waals surface area (Å²) in [7, 11) is 0. The third-order valence-corrected chi connectivity index (χ3v) is 3.75. The standard InChI is InChI=1S/C18H17FO2/c1-11(20)12-4-6-16(19)15(9-12)13-5-7-17-14(8-13)10-18(2,3)21-17/h4-9H,10H2,1-3H3. The van der Waals surface area contributed by atoms with E-state index in [1.165, 1.54) is 19.1 Å². The number of fused-ring (bicyclic) bond motifs is 1. The van der Waals surface area contributed by atoms with Gasteiger partial charge in [0, 0.05) is 17.5 Å². The first-order valence-corrected chi connectivity index (χ1v) is 6.98. The van der Waals surface area contributed by atoms with Crippen molar-refractivity contribution in [2.75, 3.05) is 0 Å². The van der Waals surface area contributed by atoms with Crippen LogP contribution in [0.15, 0.2) is 36.4 Å². The van der Waals surface area contributed by atoms with E-state index in [0.717, 1.165) is 23.3 Å². The van der Waals surface area contributed by atoms with Crippen molar-refractivity contribution in [3.05, 3.63) is 53.3 Å². The predicted octanol–water partition coefficient (Wildman–Crippen LogP) is 4.41. The summed E-state index contributed by atoms with van der Waals surface area (Å²) in [5.41, 5.74) is 2.60. The molecule has 2 nitrogen and oxygen atoms in total. The monoisotopic (exact) mass is 284 g/mol. The second-order valence-corrected chi connectivity index (χ2v) is 6.11. The molecule has 1 aliphatic heterocycles. The van der Waals surface area contributed by atoms with Gasteiger partial charge in [-0.1, -0.05) is 6.07 Å². The van der Waals surface area contributed by atoms with Crippen molar-refractivity contribution in [1.82, 2.24) is 0 Å². The van der Waals surface area contributed by atoms with Crippen LogP contribution in [0, 0.1) is 5.82 Å². The lowest BCUT2D eigenvalue weighted by atomic mass is 9.96. The average molecular weight is 284 g/mol. The fourth-order valence-electron chi connectivity index (χ4n) is 2.74. The summed E-state index contributed by atoms with van der Waals surface area (Å²) in [6, 6.07) is 10.1. The zero-order valence-electron chi connectivity index (χ0n) is 12.4. The smallest absolute Gasteiger partial charge is 0.159 e. The van der Waals surface area contributed by atoms with Gasteiger partial charge in [-0.2, -0.15) is 0 Å². The largest absolute Gasteiger partial charge is 0.487 e. The lowest BCUT2D eigenvalue weighted by Crippen LogP contribution is -2.24. The van der Waals surface area contributed by atoms with Gasteiger partial charge in [-0.3, -0.25) is 4.79 Å². The lowest BCUT2D eigenvalue weighted by molar-refractivity contribution is 0.101. The van der Waals surface area contributed by atoms with E-state index >= 15 is 0 Å². The van der Waals surface area contributed by atoms with Crippen LogP contribution in [0.25, 0.3) is 11.1 Å². The van der Waals surface area contributed by atoms with E-state index < -0.39 is 0 Å². The molecule has 0 saturated heterocycles. The molecule has 0 amide bonds. The molecule has 21 heavy (non-hydrogen) atoms. The van der Waals surface area contributed by atoms with Gasteiger partial charge in [-0.15, -0.1) is 0 Å². The molecular formula is C18H17FO2. The van der Waals surface area contributed by atoms with E-state index in [4.69, 9.17) is 4.74 Å². The van der Waals surface area contributed by atoms with Crippen LogP contribution in [0.5, 0.6) is 5.75 Å². The molecule has 1 aliphatic rings. The summed E-state index contributed by atoms with van der Waals surface area (Å²) in [5, 5.41) is 0. The molecule has 1 heterocycles. The summed E-state index contributed by atoms with van der Waals surface area (Å²) in [6.07, 6.45) is 0.796. The minimum Gasteiger partial charge on any atom is -0.487 e. The highest BCUT2D eigenvalue weighted by Gasteiger charge is 2.30. The first-order chi connectivity index (χ1) is 9.85. The number of hydrogen-bond acceptors (Lipinski definition) is 2. The van der Waals surface area contributed by atoms with Crippen molar-refractivity contribution in [1.29, 1.82) is 0 Å². The van der Waals surface area contributed by atoms with Crippen LogP contribution in [-0.4, -0.2) is 11.4 Å². The summed E-state index contributed by atoms with van der Waals surface area (Å²) >= 11 is 0. The molecule has 0 aromatic heterocycles. The molecule has 0 fully saturated rings. The van der Waals surface area contributed by atoms with Gasteiger partial charge < -0.3 is 4.74 Å². The zero-order valence-corrected chi connectivity index (χ0v) is 12.4. The van der Waals surface area contributed by atoms with Crippen molar-refractivity contribution in [2.45, 2.75) is 32.8 Å². The Morgan fingerprint density at radius 2 is 1.95 bits per heavy atom. The molecular weight excluding hydrogens is 267 g/mol. The van der Waals surface area contributed by atoms with Crippen LogP contribution in [0.2, 0.25) is 0 Å². The molecule has 108 valence electrons. The fourth-order valence-corrected chi connectivity index (χ4v) is 2.74. The fraction of sp³-hybridized carbons (Fsp3) is 0.278. The minimum absolute atomic E-state index is 0.0677. The van der Waals surface area contributed by atoms with Gasteiger partial charge >= 0.3 is 0 Å². The molecule has 2 aromatic rings. The highest BCUT2D eigenvalue weighted by Crippen LogP contribution is 2.37. The average Bonchev–Trinajstić information content (AvgIpc) is 2.71. The van der Waals surface area contributed by atoms with Gasteiger partial charge in [0.25, 0.3) is 0 Å². The SMILES string of the molecule is CC(=O)c1ccc(F)c(-c2ccc3c(c2)CC(C)(C)O3)c1. The van der Waals surface area contributed by atoms with Crippen LogP contribution < -0.4 is 4.74 Å².